The second-order valence-corrected chi connectivity index (χ2v) is 6.81. The van der Waals surface area contributed by atoms with Crippen LogP contribution < -0.4 is 9.47 Å². The maximum absolute atomic E-state index is 10.2. The second kappa shape index (κ2) is 10.6. The maximum atomic E-state index is 10.2. The number of phenols is 1. The van der Waals surface area contributed by atoms with E-state index < -0.39 is 6.10 Å². The highest BCUT2D eigenvalue weighted by atomic mass is 16.5. The van der Waals surface area contributed by atoms with Gasteiger partial charge in [-0.25, -0.2) is 0 Å². The minimum absolute atomic E-state index is 0.221. The minimum atomic E-state index is -0.484. The summed E-state index contributed by atoms with van der Waals surface area (Å²) in [5.41, 5.74) is 3.38. The van der Waals surface area contributed by atoms with Crippen LogP contribution in [-0.2, 0) is 6.42 Å². The maximum Gasteiger partial charge on any atom is 0.122 e. The van der Waals surface area contributed by atoms with E-state index in [0.717, 1.165) is 42.7 Å². The number of ether oxygens (including phenoxy) is 2. The molecule has 0 radical (unpaired) electrons. The molecule has 4 heteroatoms. The smallest absolute Gasteiger partial charge is 0.122 e. The van der Waals surface area contributed by atoms with Gasteiger partial charge in [0.25, 0.3) is 0 Å². The first-order valence-corrected chi connectivity index (χ1v) is 9.36. The first kappa shape index (κ1) is 20.8. The van der Waals surface area contributed by atoms with E-state index in [1.165, 1.54) is 11.1 Å². The number of aliphatic hydroxyl groups excluding tert-OH is 1. The van der Waals surface area contributed by atoms with Gasteiger partial charge in [0.15, 0.2) is 0 Å². The lowest BCUT2D eigenvalue weighted by Gasteiger charge is -2.11. The van der Waals surface area contributed by atoms with Gasteiger partial charge in [-0.1, -0.05) is 23.8 Å². The van der Waals surface area contributed by atoms with Gasteiger partial charge < -0.3 is 19.7 Å². The molecule has 0 amide bonds. The summed E-state index contributed by atoms with van der Waals surface area (Å²) in [6.07, 6.45) is 6.28. The molecule has 4 nitrogen and oxygen atoms in total. The van der Waals surface area contributed by atoms with Crippen LogP contribution in [0.4, 0.5) is 0 Å². The molecule has 0 aromatic heterocycles. The Morgan fingerprint density at radius 3 is 2.26 bits per heavy atom. The number of aliphatic hydroxyl groups is 1. The Morgan fingerprint density at radius 2 is 1.67 bits per heavy atom. The summed E-state index contributed by atoms with van der Waals surface area (Å²) in [4.78, 5) is 0. The van der Waals surface area contributed by atoms with Crippen LogP contribution in [0.2, 0.25) is 0 Å². The first-order valence-electron chi connectivity index (χ1n) is 9.36. The summed E-state index contributed by atoms with van der Waals surface area (Å²) in [5.74, 6) is 1.85. The number of aromatic hydroxyl groups is 1. The lowest BCUT2D eigenvalue weighted by atomic mass is 10.0. The summed E-state index contributed by atoms with van der Waals surface area (Å²) in [7, 11) is 3.32. The molecular formula is C23H30O4. The van der Waals surface area contributed by atoms with Crippen molar-refractivity contribution in [2.75, 3.05) is 14.2 Å². The van der Waals surface area contributed by atoms with E-state index >= 15 is 0 Å². The summed E-state index contributed by atoms with van der Waals surface area (Å²) >= 11 is 0. The van der Waals surface area contributed by atoms with Gasteiger partial charge in [-0.3, -0.25) is 0 Å². The molecule has 0 aliphatic rings. The van der Waals surface area contributed by atoms with Crippen molar-refractivity contribution in [3.63, 3.8) is 0 Å². The highest BCUT2D eigenvalue weighted by Crippen LogP contribution is 2.24. The fourth-order valence-corrected chi connectivity index (χ4v) is 3.04. The third kappa shape index (κ3) is 6.99. The molecule has 2 rings (SSSR count). The zero-order valence-electron chi connectivity index (χ0n) is 16.4. The highest BCUT2D eigenvalue weighted by Gasteiger charge is 2.07. The zero-order chi connectivity index (χ0) is 19.6. The van der Waals surface area contributed by atoms with E-state index in [1.807, 2.05) is 18.2 Å². The van der Waals surface area contributed by atoms with Gasteiger partial charge in [0.05, 0.1) is 20.3 Å². The molecule has 146 valence electrons. The predicted molar refractivity (Wildman–Crippen MR) is 109 cm³/mol. The number of hydrogen-bond donors (Lipinski definition) is 2. The van der Waals surface area contributed by atoms with Gasteiger partial charge in [0.1, 0.15) is 17.2 Å². The Labute approximate surface area is 162 Å². The monoisotopic (exact) mass is 370 g/mol. The number of rotatable bonds is 10. The van der Waals surface area contributed by atoms with E-state index in [2.05, 4.69) is 13.0 Å². The van der Waals surface area contributed by atoms with Crippen molar-refractivity contribution in [2.45, 2.75) is 45.1 Å². The lowest BCUT2D eigenvalue weighted by molar-refractivity contribution is 0.164. The number of hydrogen-bond acceptors (Lipinski definition) is 4. The third-order valence-electron chi connectivity index (χ3n) is 4.66. The van der Waals surface area contributed by atoms with Gasteiger partial charge in [-0.2, -0.15) is 0 Å². The molecule has 0 saturated heterocycles. The summed E-state index contributed by atoms with van der Waals surface area (Å²) in [6.45, 7) is 2.14. The van der Waals surface area contributed by atoms with E-state index in [1.54, 1.807) is 38.5 Å². The zero-order valence-corrected chi connectivity index (χ0v) is 16.4. The Kier molecular flexibility index (Phi) is 8.21. The Hall–Kier alpha value is -2.46. The van der Waals surface area contributed by atoms with E-state index in [0.29, 0.717) is 6.42 Å². The molecule has 0 aliphatic heterocycles. The predicted octanol–water partition coefficient (Wildman–Crippen LogP) is 5.19. The quantitative estimate of drug-likeness (QED) is 0.565. The molecule has 2 N–H and O–H groups in total. The van der Waals surface area contributed by atoms with Crippen LogP contribution >= 0.6 is 0 Å². The number of phenolic OH excluding ortho intramolecular Hbond substituents is 1. The van der Waals surface area contributed by atoms with Crippen LogP contribution in [0.15, 0.2) is 54.1 Å². The largest absolute Gasteiger partial charge is 0.508 e. The van der Waals surface area contributed by atoms with Crippen molar-refractivity contribution in [3.05, 3.63) is 65.2 Å². The molecule has 0 spiro atoms. The molecule has 27 heavy (non-hydrogen) atoms. The van der Waals surface area contributed by atoms with Crippen molar-refractivity contribution >= 4 is 0 Å². The number of aryl methyl sites for hydroxylation is 1. The lowest BCUT2D eigenvalue weighted by Crippen LogP contribution is -1.97. The molecule has 0 heterocycles. The van der Waals surface area contributed by atoms with Crippen molar-refractivity contribution in [1.82, 2.24) is 0 Å². The standard InChI is InChI=1S/C23H30O4/c1-17(7-5-9-23(25)19-10-12-20(24)13-11-19)6-4-8-18-14-21(26-2)16-22(15-18)27-3/h6,10-16,23-25H,4-5,7-9H2,1-3H3/b17-6+. The van der Waals surface area contributed by atoms with Crippen LogP contribution in [0.1, 0.15) is 49.8 Å². The Bertz CT molecular complexity index is 712. The second-order valence-electron chi connectivity index (χ2n) is 6.81. The SMILES string of the molecule is COc1cc(CC/C=C(\C)CCCC(O)c2ccc(O)cc2)cc(OC)c1. The molecular weight excluding hydrogens is 340 g/mol. The molecule has 2 aromatic carbocycles. The van der Waals surface area contributed by atoms with Crippen LogP contribution in [0, 0.1) is 0 Å². The molecule has 0 aliphatic carbocycles. The Balaban J connectivity index is 1.76. The average molecular weight is 370 g/mol. The van der Waals surface area contributed by atoms with Gasteiger partial charge >= 0.3 is 0 Å². The van der Waals surface area contributed by atoms with Gasteiger partial charge in [-0.05, 0) is 74.4 Å². The van der Waals surface area contributed by atoms with Crippen LogP contribution in [-0.4, -0.2) is 24.4 Å². The summed E-state index contributed by atoms with van der Waals surface area (Å²) < 4.78 is 10.6. The number of allylic oxidation sites excluding steroid dienone is 2. The topological polar surface area (TPSA) is 58.9 Å². The summed E-state index contributed by atoms with van der Waals surface area (Å²) in [6, 6.07) is 12.7. The fourth-order valence-electron chi connectivity index (χ4n) is 3.04. The molecule has 1 unspecified atom stereocenters. The van der Waals surface area contributed by atoms with Crippen molar-refractivity contribution in [3.8, 4) is 17.2 Å². The third-order valence-corrected chi connectivity index (χ3v) is 4.66. The molecule has 0 fully saturated rings. The van der Waals surface area contributed by atoms with Gasteiger partial charge in [0, 0.05) is 6.07 Å². The molecule has 1 atom stereocenters. The number of benzene rings is 2. The fraction of sp³-hybridized carbons (Fsp3) is 0.391. The highest BCUT2D eigenvalue weighted by molar-refractivity contribution is 5.38. The van der Waals surface area contributed by atoms with E-state index in [4.69, 9.17) is 9.47 Å². The van der Waals surface area contributed by atoms with Crippen LogP contribution in [0.25, 0.3) is 0 Å². The normalized spacial score (nSPS) is 12.7. The summed E-state index contributed by atoms with van der Waals surface area (Å²) in [5, 5.41) is 19.5. The van der Waals surface area contributed by atoms with Crippen molar-refractivity contribution in [2.24, 2.45) is 0 Å². The van der Waals surface area contributed by atoms with Gasteiger partial charge in [0.2, 0.25) is 0 Å². The molecule has 0 saturated carbocycles. The van der Waals surface area contributed by atoms with Gasteiger partial charge in [-0.15, -0.1) is 0 Å². The molecule has 0 bridgehead atoms. The van der Waals surface area contributed by atoms with Crippen LogP contribution in [0.5, 0.6) is 17.2 Å². The van der Waals surface area contributed by atoms with Crippen molar-refractivity contribution < 1.29 is 19.7 Å². The minimum Gasteiger partial charge on any atom is -0.508 e. The van der Waals surface area contributed by atoms with E-state index in [-0.39, 0.29) is 5.75 Å². The van der Waals surface area contributed by atoms with Crippen LogP contribution in [0.3, 0.4) is 0 Å². The van der Waals surface area contributed by atoms with E-state index in [9.17, 15) is 10.2 Å². The average Bonchev–Trinajstić information content (AvgIpc) is 2.68. The first-order chi connectivity index (χ1) is 13.0. The Morgan fingerprint density at radius 1 is 1.04 bits per heavy atom. The van der Waals surface area contributed by atoms with Crippen molar-refractivity contribution in [1.29, 1.82) is 0 Å². The molecule has 2 aromatic rings. The number of methoxy groups -OCH3 is 2.